The van der Waals surface area contributed by atoms with Crippen LogP contribution in [-0.4, -0.2) is 15.0 Å². The van der Waals surface area contributed by atoms with Gasteiger partial charge in [-0.15, -0.1) is 0 Å². The molecule has 3 aromatic rings. The van der Waals surface area contributed by atoms with E-state index in [1.54, 1.807) is 26.0 Å². The van der Waals surface area contributed by atoms with Crippen LogP contribution in [0.4, 0.5) is 4.39 Å². The number of hydrogen-bond donors (Lipinski definition) is 1. The summed E-state index contributed by atoms with van der Waals surface area (Å²) in [5, 5.41) is 0.829. The quantitative estimate of drug-likeness (QED) is 0.695. The smallest absolute Gasteiger partial charge is 0.241 e. The zero-order valence-electron chi connectivity index (χ0n) is 14.7. The van der Waals surface area contributed by atoms with E-state index in [0.717, 1.165) is 11.5 Å². The van der Waals surface area contributed by atoms with E-state index >= 15 is 0 Å². The van der Waals surface area contributed by atoms with E-state index in [9.17, 15) is 12.8 Å². The number of furan rings is 1. The largest absolute Gasteiger partial charge is 0.490 e. The second-order valence-electron chi connectivity index (χ2n) is 6.01. The number of halogens is 1. The molecular formula is C19H20FNO4S. The third-order valence-electron chi connectivity index (χ3n) is 4.01. The van der Waals surface area contributed by atoms with Crippen LogP contribution in [0.5, 0.6) is 5.75 Å². The van der Waals surface area contributed by atoms with Crippen molar-refractivity contribution in [3.05, 3.63) is 59.6 Å². The van der Waals surface area contributed by atoms with E-state index in [-0.39, 0.29) is 4.90 Å². The minimum atomic E-state index is -3.82. The van der Waals surface area contributed by atoms with E-state index in [0.29, 0.717) is 29.3 Å². The van der Waals surface area contributed by atoms with Gasteiger partial charge in [0.1, 0.15) is 11.6 Å². The Morgan fingerprint density at radius 1 is 1.23 bits per heavy atom. The summed E-state index contributed by atoms with van der Waals surface area (Å²) in [6.45, 7) is 5.62. The van der Waals surface area contributed by atoms with Crippen LogP contribution in [0, 0.1) is 12.7 Å². The average molecular weight is 377 g/mol. The van der Waals surface area contributed by atoms with Crippen molar-refractivity contribution in [2.45, 2.75) is 31.7 Å². The van der Waals surface area contributed by atoms with Crippen LogP contribution in [0.1, 0.15) is 31.2 Å². The van der Waals surface area contributed by atoms with Crippen LogP contribution in [0.25, 0.3) is 11.0 Å². The van der Waals surface area contributed by atoms with Crippen molar-refractivity contribution in [2.24, 2.45) is 0 Å². The standard InChI is InChI=1S/C19H20FNO4S/c1-4-24-16-7-5-6-14-11-17(25-19(14)16)13(3)21-26(22,23)18-9-8-15(20)10-12(18)2/h5-11,13,21H,4H2,1-3H3. The number of fused-ring (bicyclic) bond motifs is 1. The van der Waals surface area contributed by atoms with Gasteiger partial charge in [0.25, 0.3) is 0 Å². The van der Waals surface area contributed by atoms with Crippen molar-refractivity contribution < 1.29 is 22.0 Å². The van der Waals surface area contributed by atoms with Gasteiger partial charge in [0.2, 0.25) is 10.0 Å². The molecule has 1 N–H and O–H groups in total. The molecule has 1 atom stereocenters. The average Bonchev–Trinajstić information content (AvgIpc) is 2.99. The lowest BCUT2D eigenvalue weighted by Gasteiger charge is -2.13. The van der Waals surface area contributed by atoms with Gasteiger partial charge in [-0.05, 0) is 56.7 Å². The molecule has 0 aliphatic rings. The van der Waals surface area contributed by atoms with Crippen LogP contribution < -0.4 is 9.46 Å². The molecule has 0 bridgehead atoms. The highest BCUT2D eigenvalue weighted by Crippen LogP contribution is 2.31. The molecule has 1 heterocycles. The van der Waals surface area contributed by atoms with Crippen molar-refractivity contribution in [2.75, 3.05) is 6.61 Å². The normalized spacial score (nSPS) is 13.1. The van der Waals surface area contributed by atoms with E-state index in [2.05, 4.69) is 4.72 Å². The highest BCUT2D eigenvalue weighted by Gasteiger charge is 2.23. The Kier molecular flexibility index (Phi) is 5.02. The molecule has 0 radical (unpaired) electrons. The number of ether oxygens (including phenoxy) is 1. The summed E-state index contributed by atoms with van der Waals surface area (Å²) in [6.07, 6.45) is 0. The van der Waals surface area contributed by atoms with Gasteiger partial charge < -0.3 is 9.15 Å². The van der Waals surface area contributed by atoms with E-state index < -0.39 is 21.9 Å². The van der Waals surface area contributed by atoms with Crippen molar-refractivity contribution in [1.82, 2.24) is 4.72 Å². The Labute approximate surface area is 151 Å². The molecule has 0 fully saturated rings. The molecule has 3 rings (SSSR count). The minimum absolute atomic E-state index is 0.0388. The van der Waals surface area contributed by atoms with Gasteiger partial charge in [-0.1, -0.05) is 12.1 Å². The van der Waals surface area contributed by atoms with Gasteiger partial charge in [0.15, 0.2) is 11.3 Å². The first kappa shape index (κ1) is 18.4. The molecule has 0 saturated heterocycles. The molecule has 2 aromatic carbocycles. The molecule has 7 heteroatoms. The fraction of sp³-hybridized carbons (Fsp3) is 0.263. The minimum Gasteiger partial charge on any atom is -0.490 e. The first-order valence-electron chi connectivity index (χ1n) is 8.25. The Morgan fingerprint density at radius 3 is 2.69 bits per heavy atom. The fourth-order valence-electron chi connectivity index (χ4n) is 2.81. The van der Waals surface area contributed by atoms with Crippen molar-refractivity contribution in [1.29, 1.82) is 0 Å². The summed E-state index contributed by atoms with van der Waals surface area (Å²) in [6, 6.07) is 10.3. The van der Waals surface area contributed by atoms with Gasteiger partial charge in [-0.2, -0.15) is 0 Å². The Balaban J connectivity index is 1.91. The molecule has 0 aliphatic carbocycles. The van der Waals surface area contributed by atoms with Crippen LogP contribution in [0.3, 0.4) is 0 Å². The zero-order valence-corrected chi connectivity index (χ0v) is 15.6. The number of para-hydroxylation sites is 1. The van der Waals surface area contributed by atoms with E-state index in [1.165, 1.54) is 12.1 Å². The summed E-state index contributed by atoms with van der Waals surface area (Å²) >= 11 is 0. The Bertz CT molecular complexity index is 1040. The molecule has 0 saturated carbocycles. The first-order chi connectivity index (χ1) is 12.3. The maximum absolute atomic E-state index is 13.2. The lowest BCUT2D eigenvalue weighted by Crippen LogP contribution is -2.27. The third kappa shape index (κ3) is 3.59. The number of rotatable bonds is 6. The number of hydrogen-bond acceptors (Lipinski definition) is 4. The summed E-state index contributed by atoms with van der Waals surface area (Å²) in [4.78, 5) is 0.0388. The number of aryl methyl sites for hydroxylation is 1. The lowest BCUT2D eigenvalue weighted by atomic mass is 10.2. The van der Waals surface area contributed by atoms with Gasteiger partial charge in [0.05, 0.1) is 17.5 Å². The predicted molar refractivity (Wildman–Crippen MR) is 97.3 cm³/mol. The summed E-state index contributed by atoms with van der Waals surface area (Å²) in [7, 11) is -3.82. The number of benzene rings is 2. The second kappa shape index (κ2) is 7.09. The summed E-state index contributed by atoms with van der Waals surface area (Å²) in [5.41, 5.74) is 0.918. The highest BCUT2D eigenvalue weighted by molar-refractivity contribution is 7.89. The van der Waals surface area contributed by atoms with Gasteiger partial charge in [0, 0.05) is 5.39 Å². The maximum atomic E-state index is 13.2. The molecule has 138 valence electrons. The van der Waals surface area contributed by atoms with Gasteiger partial charge in [-0.25, -0.2) is 17.5 Å². The lowest BCUT2D eigenvalue weighted by molar-refractivity contribution is 0.336. The van der Waals surface area contributed by atoms with Gasteiger partial charge >= 0.3 is 0 Å². The third-order valence-corrected chi connectivity index (χ3v) is 5.71. The van der Waals surface area contributed by atoms with Crippen LogP contribution in [0.2, 0.25) is 0 Å². The highest BCUT2D eigenvalue weighted by atomic mass is 32.2. The summed E-state index contributed by atoms with van der Waals surface area (Å²) < 4.78 is 52.5. The van der Waals surface area contributed by atoms with Crippen LogP contribution in [0.15, 0.2) is 51.8 Å². The van der Waals surface area contributed by atoms with Crippen molar-refractivity contribution in [3.63, 3.8) is 0 Å². The van der Waals surface area contributed by atoms with Crippen LogP contribution in [-0.2, 0) is 10.0 Å². The second-order valence-corrected chi connectivity index (χ2v) is 7.69. The molecular weight excluding hydrogens is 357 g/mol. The van der Waals surface area contributed by atoms with E-state index in [1.807, 2.05) is 19.1 Å². The SMILES string of the molecule is CCOc1cccc2cc(C(C)NS(=O)(=O)c3ccc(F)cc3C)oc12. The topological polar surface area (TPSA) is 68.5 Å². The molecule has 0 spiro atoms. The van der Waals surface area contributed by atoms with Crippen LogP contribution >= 0.6 is 0 Å². The van der Waals surface area contributed by atoms with Gasteiger partial charge in [-0.3, -0.25) is 0 Å². The first-order valence-corrected chi connectivity index (χ1v) is 9.74. The summed E-state index contributed by atoms with van der Waals surface area (Å²) in [5.74, 6) is 0.603. The maximum Gasteiger partial charge on any atom is 0.241 e. The molecule has 5 nitrogen and oxygen atoms in total. The van der Waals surface area contributed by atoms with Crippen molar-refractivity contribution in [3.8, 4) is 5.75 Å². The van der Waals surface area contributed by atoms with Crippen molar-refractivity contribution >= 4 is 21.0 Å². The van der Waals surface area contributed by atoms with E-state index in [4.69, 9.17) is 9.15 Å². The molecule has 1 unspecified atom stereocenters. The fourth-order valence-corrected chi connectivity index (χ4v) is 4.25. The Hall–Kier alpha value is -2.38. The Morgan fingerprint density at radius 2 is 2.00 bits per heavy atom. The monoisotopic (exact) mass is 377 g/mol. The number of nitrogens with one attached hydrogen (secondary N) is 1. The molecule has 0 aliphatic heterocycles. The molecule has 1 aromatic heterocycles. The zero-order chi connectivity index (χ0) is 18.9. The number of sulfonamides is 1. The predicted octanol–water partition coefficient (Wildman–Crippen LogP) is 4.32. The molecule has 26 heavy (non-hydrogen) atoms. The molecule has 0 amide bonds.